The summed E-state index contributed by atoms with van der Waals surface area (Å²) in [4.78, 5) is 6.78. The highest BCUT2D eigenvalue weighted by Crippen LogP contribution is 2.41. The standard InChI is InChI=1S/C30H30F3N5S/c1-20-18-25(21(2)38(20)24-13-8-10-22(19-24)30(31,32)33)28-27(26-14-6-7-15-35-26)36-29(39)37(28)17-9-16-34-23-11-4-3-5-12-23/h3-8,10-15,18-19,27-28,34H,9,16-17H2,1-2H3,(H,36,39)/t27-,28+/m0/s1. The second kappa shape index (κ2) is 11.1. The molecule has 3 heterocycles. The number of nitrogens with one attached hydrogen (secondary N) is 2. The number of aryl methyl sites for hydroxylation is 1. The predicted octanol–water partition coefficient (Wildman–Crippen LogP) is 6.98. The monoisotopic (exact) mass is 549 g/mol. The van der Waals surface area contributed by atoms with Gasteiger partial charge in [-0.15, -0.1) is 0 Å². The lowest BCUT2D eigenvalue weighted by molar-refractivity contribution is -0.137. The zero-order chi connectivity index (χ0) is 27.6. The van der Waals surface area contributed by atoms with Crippen LogP contribution in [-0.4, -0.2) is 32.7 Å². The Hall–Kier alpha value is -3.85. The highest BCUT2D eigenvalue weighted by atomic mass is 32.1. The fourth-order valence-corrected chi connectivity index (χ4v) is 5.66. The molecule has 0 unspecified atom stereocenters. The molecular weight excluding hydrogens is 519 g/mol. The Bertz CT molecular complexity index is 1440. The smallest absolute Gasteiger partial charge is 0.385 e. The van der Waals surface area contributed by atoms with E-state index in [9.17, 15) is 13.2 Å². The van der Waals surface area contributed by atoms with Crippen molar-refractivity contribution in [3.63, 3.8) is 0 Å². The fourth-order valence-electron chi connectivity index (χ4n) is 5.33. The Balaban J connectivity index is 1.47. The third kappa shape index (κ3) is 5.63. The van der Waals surface area contributed by atoms with Crippen LogP contribution in [-0.2, 0) is 6.18 Å². The van der Waals surface area contributed by atoms with Crippen LogP contribution in [0.5, 0.6) is 0 Å². The number of thiocarbonyl (C=S) groups is 1. The molecule has 5 nitrogen and oxygen atoms in total. The van der Waals surface area contributed by atoms with E-state index in [1.165, 1.54) is 12.1 Å². The van der Waals surface area contributed by atoms with Crippen molar-refractivity contribution < 1.29 is 13.2 Å². The molecule has 5 rings (SSSR count). The number of hydrogen-bond acceptors (Lipinski definition) is 3. The van der Waals surface area contributed by atoms with Crippen molar-refractivity contribution >= 4 is 23.0 Å². The molecular formula is C30H30F3N5S. The molecule has 1 aliphatic rings. The van der Waals surface area contributed by atoms with Gasteiger partial charge >= 0.3 is 6.18 Å². The zero-order valence-electron chi connectivity index (χ0n) is 21.7. The molecule has 0 amide bonds. The summed E-state index contributed by atoms with van der Waals surface area (Å²) < 4.78 is 42.3. The highest BCUT2D eigenvalue weighted by Gasteiger charge is 2.41. The minimum absolute atomic E-state index is 0.171. The largest absolute Gasteiger partial charge is 0.416 e. The molecule has 1 aliphatic heterocycles. The number of rotatable bonds is 8. The van der Waals surface area contributed by atoms with Gasteiger partial charge in [0.15, 0.2) is 5.11 Å². The molecule has 4 aromatic rings. The van der Waals surface area contributed by atoms with Crippen LogP contribution in [0.2, 0.25) is 0 Å². The SMILES string of the molecule is Cc1cc([C@@H]2[C@H](c3ccccn3)NC(=S)N2CCCNc2ccccc2)c(C)n1-c1cccc(C(F)(F)F)c1. The van der Waals surface area contributed by atoms with E-state index in [0.29, 0.717) is 17.3 Å². The van der Waals surface area contributed by atoms with E-state index in [-0.39, 0.29) is 12.1 Å². The summed E-state index contributed by atoms with van der Waals surface area (Å²) in [6.07, 6.45) is -1.81. The molecule has 0 aliphatic carbocycles. The minimum atomic E-state index is -4.41. The first-order valence-corrected chi connectivity index (χ1v) is 13.3. The van der Waals surface area contributed by atoms with Crippen molar-refractivity contribution in [3.8, 4) is 5.69 Å². The van der Waals surface area contributed by atoms with Crippen LogP contribution in [0.15, 0.2) is 85.1 Å². The zero-order valence-corrected chi connectivity index (χ0v) is 22.6. The number of alkyl halides is 3. The molecule has 9 heteroatoms. The van der Waals surface area contributed by atoms with Crippen molar-refractivity contribution in [2.45, 2.75) is 38.5 Å². The maximum Gasteiger partial charge on any atom is 0.416 e. The average molecular weight is 550 g/mol. The van der Waals surface area contributed by atoms with Crippen LogP contribution < -0.4 is 10.6 Å². The third-order valence-corrected chi connectivity index (χ3v) is 7.45. The normalized spacial score (nSPS) is 17.4. The first kappa shape index (κ1) is 26.7. The number of halogens is 3. The lowest BCUT2D eigenvalue weighted by Gasteiger charge is -2.28. The fraction of sp³-hybridized carbons (Fsp3) is 0.267. The van der Waals surface area contributed by atoms with Crippen molar-refractivity contribution in [1.29, 1.82) is 0 Å². The van der Waals surface area contributed by atoms with Gasteiger partial charge in [0, 0.05) is 42.0 Å². The predicted molar refractivity (Wildman–Crippen MR) is 152 cm³/mol. The van der Waals surface area contributed by atoms with Gasteiger partial charge in [-0.2, -0.15) is 13.2 Å². The van der Waals surface area contributed by atoms with Gasteiger partial charge < -0.3 is 20.1 Å². The summed E-state index contributed by atoms with van der Waals surface area (Å²) in [7, 11) is 0. The number of pyridine rings is 1. The van der Waals surface area contributed by atoms with Gasteiger partial charge in [-0.1, -0.05) is 30.3 Å². The molecule has 0 saturated carbocycles. The lowest BCUT2D eigenvalue weighted by Crippen LogP contribution is -2.31. The van der Waals surface area contributed by atoms with Gasteiger partial charge in [-0.25, -0.2) is 0 Å². The second-order valence-corrected chi connectivity index (χ2v) is 10.1. The molecule has 202 valence electrons. The topological polar surface area (TPSA) is 45.1 Å². The van der Waals surface area contributed by atoms with E-state index in [1.54, 1.807) is 12.3 Å². The molecule has 0 radical (unpaired) electrons. The van der Waals surface area contributed by atoms with Crippen molar-refractivity contribution in [3.05, 3.63) is 113 Å². The van der Waals surface area contributed by atoms with Crippen LogP contribution >= 0.6 is 12.2 Å². The first-order chi connectivity index (χ1) is 18.7. The number of anilines is 1. The van der Waals surface area contributed by atoms with Crippen molar-refractivity contribution in [2.75, 3.05) is 18.4 Å². The maximum atomic E-state index is 13.5. The molecule has 39 heavy (non-hydrogen) atoms. The maximum absolute atomic E-state index is 13.5. The quantitative estimate of drug-likeness (QED) is 0.183. The summed E-state index contributed by atoms with van der Waals surface area (Å²) in [6, 6.07) is 23.0. The molecule has 1 fully saturated rings. The highest BCUT2D eigenvalue weighted by molar-refractivity contribution is 7.80. The van der Waals surface area contributed by atoms with Gasteiger partial charge in [0.2, 0.25) is 0 Å². The Morgan fingerprint density at radius 2 is 1.74 bits per heavy atom. The summed E-state index contributed by atoms with van der Waals surface area (Å²) in [5.74, 6) is 0. The van der Waals surface area contributed by atoms with Crippen LogP contribution in [0.3, 0.4) is 0 Å². The summed E-state index contributed by atoms with van der Waals surface area (Å²) in [5.41, 5.74) is 4.46. The van der Waals surface area contributed by atoms with Crippen LogP contribution in [0, 0.1) is 13.8 Å². The molecule has 2 atom stereocenters. The van der Waals surface area contributed by atoms with E-state index >= 15 is 0 Å². The van der Waals surface area contributed by atoms with Crippen molar-refractivity contribution in [2.24, 2.45) is 0 Å². The van der Waals surface area contributed by atoms with Crippen LogP contribution in [0.1, 0.15) is 46.7 Å². The first-order valence-electron chi connectivity index (χ1n) is 12.9. The van der Waals surface area contributed by atoms with E-state index < -0.39 is 11.7 Å². The van der Waals surface area contributed by atoms with Gasteiger partial charge in [0.1, 0.15) is 0 Å². The number of nitrogens with zero attached hydrogens (tertiary/aromatic N) is 3. The van der Waals surface area contributed by atoms with Gasteiger partial charge in [0.25, 0.3) is 0 Å². The molecule has 2 aromatic heterocycles. The average Bonchev–Trinajstić information content (AvgIpc) is 3.41. The molecule has 0 bridgehead atoms. The summed E-state index contributed by atoms with van der Waals surface area (Å²) in [5, 5.41) is 7.55. The van der Waals surface area contributed by atoms with Gasteiger partial charge in [-0.3, -0.25) is 4.98 Å². The van der Waals surface area contributed by atoms with Gasteiger partial charge in [-0.05, 0) is 86.6 Å². The Morgan fingerprint density at radius 3 is 2.46 bits per heavy atom. The molecule has 0 spiro atoms. The molecule has 2 aromatic carbocycles. The Labute approximate surface area is 231 Å². The van der Waals surface area contributed by atoms with E-state index in [0.717, 1.165) is 47.4 Å². The Morgan fingerprint density at radius 1 is 0.974 bits per heavy atom. The summed E-state index contributed by atoms with van der Waals surface area (Å²) >= 11 is 5.81. The second-order valence-electron chi connectivity index (χ2n) is 9.68. The van der Waals surface area contributed by atoms with Gasteiger partial charge in [0.05, 0.1) is 23.3 Å². The molecule has 2 N–H and O–H groups in total. The number of benzene rings is 2. The lowest BCUT2D eigenvalue weighted by atomic mass is 9.96. The molecule has 1 saturated heterocycles. The van der Waals surface area contributed by atoms with E-state index in [1.807, 2.05) is 66.9 Å². The van der Waals surface area contributed by atoms with Crippen LogP contribution in [0.4, 0.5) is 18.9 Å². The number of hydrogen-bond donors (Lipinski definition) is 2. The minimum Gasteiger partial charge on any atom is -0.385 e. The van der Waals surface area contributed by atoms with Crippen LogP contribution in [0.25, 0.3) is 5.69 Å². The van der Waals surface area contributed by atoms with E-state index in [4.69, 9.17) is 12.2 Å². The van der Waals surface area contributed by atoms with Crippen molar-refractivity contribution in [1.82, 2.24) is 19.8 Å². The van der Waals surface area contributed by atoms with E-state index in [2.05, 4.69) is 26.6 Å². The summed E-state index contributed by atoms with van der Waals surface area (Å²) in [6.45, 7) is 5.34. The Kier molecular flexibility index (Phi) is 7.61. The number of aromatic nitrogens is 2. The third-order valence-electron chi connectivity index (χ3n) is 7.10. The number of para-hydroxylation sites is 1.